The molecule has 0 saturated carbocycles. The first-order chi connectivity index (χ1) is 13.0. The summed E-state index contributed by atoms with van der Waals surface area (Å²) in [6.07, 6.45) is 2.54. The van der Waals surface area contributed by atoms with Crippen molar-refractivity contribution in [2.45, 2.75) is 31.7 Å². The maximum absolute atomic E-state index is 13.3. The van der Waals surface area contributed by atoms with Gasteiger partial charge in [-0.15, -0.1) is 0 Å². The van der Waals surface area contributed by atoms with E-state index in [0.717, 1.165) is 11.6 Å². The predicted molar refractivity (Wildman–Crippen MR) is 101 cm³/mol. The smallest absolute Gasteiger partial charge is 0.295 e. The number of carbonyl (C=O) groups is 1. The number of hydrogen-bond donors (Lipinski definition) is 1. The van der Waals surface area contributed by atoms with Crippen molar-refractivity contribution >= 4 is 17.3 Å². The fourth-order valence-corrected chi connectivity index (χ4v) is 3.38. The van der Waals surface area contributed by atoms with Crippen LogP contribution in [-0.2, 0) is 11.2 Å². The number of carbonyl (C=O) groups excluding carboxylic acids is 1. The molecule has 0 spiro atoms. The fourth-order valence-electron chi connectivity index (χ4n) is 3.38. The summed E-state index contributed by atoms with van der Waals surface area (Å²) < 4.78 is 13.3. The van der Waals surface area contributed by atoms with Gasteiger partial charge in [0.05, 0.1) is 11.0 Å². The predicted octanol–water partition coefficient (Wildman–Crippen LogP) is 3.45. The average Bonchev–Trinajstić information content (AvgIpc) is 2.68. The number of hydrogen-bond acceptors (Lipinski definition) is 4. The Kier molecular flexibility index (Phi) is 6.01. The number of benzene rings is 2. The summed E-state index contributed by atoms with van der Waals surface area (Å²) in [6, 6.07) is 13.6. The van der Waals surface area contributed by atoms with E-state index >= 15 is 0 Å². The number of anilines is 1. The molecule has 7 heteroatoms. The van der Waals surface area contributed by atoms with Crippen LogP contribution < -0.4 is 10.2 Å². The monoisotopic (exact) mass is 371 g/mol. The second kappa shape index (κ2) is 8.62. The third-order valence-electron chi connectivity index (χ3n) is 4.82. The number of amides is 1. The minimum atomic E-state index is -0.619. The normalized spacial score (nSPS) is 14.8. The van der Waals surface area contributed by atoms with E-state index in [1.54, 1.807) is 0 Å². The molecule has 0 unspecified atom stereocenters. The standard InChI is InChI=1S/C20H22FN3O3/c21-16-7-8-18(19(14-16)24(26)27)23-12-10-17(11-13-23)22-20(25)9-6-15-4-2-1-3-5-15/h1-5,7-8,14,17H,6,9-13H2,(H,22,25). The van der Waals surface area contributed by atoms with Gasteiger partial charge in [-0.3, -0.25) is 14.9 Å². The highest BCUT2D eigenvalue weighted by molar-refractivity contribution is 5.76. The van der Waals surface area contributed by atoms with Crippen LogP contribution in [0.5, 0.6) is 0 Å². The molecule has 3 rings (SSSR count). The molecule has 1 fully saturated rings. The summed E-state index contributed by atoms with van der Waals surface area (Å²) >= 11 is 0. The topological polar surface area (TPSA) is 75.5 Å². The van der Waals surface area contributed by atoms with Crippen molar-refractivity contribution in [1.29, 1.82) is 0 Å². The molecule has 27 heavy (non-hydrogen) atoms. The molecule has 2 aromatic rings. The Hall–Kier alpha value is -2.96. The molecule has 0 bridgehead atoms. The Bertz CT molecular complexity index is 805. The summed E-state index contributed by atoms with van der Waals surface area (Å²) in [5, 5.41) is 14.2. The molecule has 1 heterocycles. The second-order valence-corrected chi connectivity index (χ2v) is 6.70. The summed E-state index contributed by atoms with van der Waals surface area (Å²) in [6.45, 7) is 1.16. The van der Waals surface area contributed by atoms with E-state index in [9.17, 15) is 19.3 Å². The van der Waals surface area contributed by atoms with Gasteiger partial charge in [-0.1, -0.05) is 30.3 Å². The number of halogens is 1. The van der Waals surface area contributed by atoms with E-state index in [2.05, 4.69) is 5.32 Å². The van der Waals surface area contributed by atoms with E-state index < -0.39 is 10.7 Å². The van der Waals surface area contributed by atoms with Crippen molar-refractivity contribution in [3.8, 4) is 0 Å². The van der Waals surface area contributed by atoms with Crippen molar-refractivity contribution < 1.29 is 14.1 Å². The molecule has 1 aliphatic rings. The van der Waals surface area contributed by atoms with Gasteiger partial charge in [-0.2, -0.15) is 0 Å². The van der Waals surface area contributed by atoms with Crippen LogP contribution in [0.25, 0.3) is 0 Å². The first-order valence-electron chi connectivity index (χ1n) is 9.05. The molecule has 0 atom stereocenters. The summed E-state index contributed by atoms with van der Waals surface area (Å²) in [5.74, 6) is -0.601. The van der Waals surface area contributed by atoms with Gasteiger partial charge in [0.2, 0.25) is 5.91 Å². The van der Waals surface area contributed by atoms with E-state index in [0.29, 0.717) is 44.5 Å². The number of nitrogens with one attached hydrogen (secondary N) is 1. The third kappa shape index (κ3) is 5.03. The van der Waals surface area contributed by atoms with Gasteiger partial charge >= 0.3 is 0 Å². The maximum Gasteiger partial charge on any atom is 0.295 e. The summed E-state index contributed by atoms with van der Waals surface area (Å²) in [4.78, 5) is 24.7. The van der Waals surface area contributed by atoms with Crippen molar-refractivity contribution in [2.24, 2.45) is 0 Å². The molecule has 2 aromatic carbocycles. The van der Waals surface area contributed by atoms with Crippen LogP contribution in [0, 0.1) is 15.9 Å². The lowest BCUT2D eigenvalue weighted by Gasteiger charge is -2.33. The minimum absolute atomic E-state index is 0.0186. The van der Waals surface area contributed by atoms with Gasteiger partial charge in [0.1, 0.15) is 11.5 Å². The number of rotatable bonds is 6. The molecule has 0 radical (unpaired) electrons. The molecule has 6 nitrogen and oxygen atoms in total. The Labute approximate surface area is 157 Å². The van der Waals surface area contributed by atoms with Crippen LogP contribution in [0.2, 0.25) is 0 Å². The zero-order valence-corrected chi connectivity index (χ0v) is 14.9. The van der Waals surface area contributed by atoms with Crippen molar-refractivity contribution in [2.75, 3.05) is 18.0 Å². The lowest BCUT2D eigenvalue weighted by Crippen LogP contribution is -2.44. The minimum Gasteiger partial charge on any atom is -0.366 e. The van der Waals surface area contributed by atoms with Gasteiger partial charge in [0, 0.05) is 25.6 Å². The van der Waals surface area contributed by atoms with Crippen molar-refractivity contribution in [1.82, 2.24) is 5.32 Å². The molecule has 1 aliphatic heterocycles. The van der Waals surface area contributed by atoms with E-state index in [-0.39, 0.29) is 17.6 Å². The van der Waals surface area contributed by atoms with Gasteiger partial charge in [0.25, 0.3) is 5.69 Å². The molecule has 142 valence electrons. The van der Waals surface area contributed by atoms with E-state index in [4.69, 9.17) is 0 Å². The van der Waals surface area contributed by atoms with Crippen molar-refractivity contribution in [3.63, 3.8) is 0 Å². The van der Waals surface area contributed by atoms with Gasteiger partial charge < -0.3 is 10.2 Å². The van der Waals surface area contributed by atoms with Crippen LogP contribution in [0.1, 0.15) is 24.8 Å². The highest BCUT2D eigenvalue weighted by Crippen LogP contribution is 2.30. The maximum atomic E-state index is 13.3. The lowest BCUT2D eigenvalue weighted by molar-refractivity contribution is -0.384. The van der Waals surface area contributed by atoms with Crippen molar-refractivity contribution in [3.05, 3.63) is 70.0 Å². The number of piperidine rings is 1. The molecule has 1 saturated heterocycles. The SMILES string of the molecule is O=C(CCc1ccccc1)NC1CCN(c2ccc(F)cc2[N+](=O)[O-])CC1. The molecule has 1 amide bonds. The molecule has 0 aliphatic carbocycles. The quantitative estimate of drug-likeness (QED) is 0.623. The largest absolute Gasteiger partial charge is 0.366 e. The first-order valence-corrected chi connectivity index (χ1v) is 9.05. The van der Waals surface area contributed by atoms with Crippen LogP contribution >= 0.6 is 0 Å². The van der Waals surface area contributed by atoms with E-state index in [1.807, 2.05) is 35.2 Å². The summed E-state index contributed by atoms with van der Waals surface area (Å²) in [7, 11) is 0. The number of aryl methyl sites for hydroxylation is 1. The Morgan fingerprint density at radius 1 is 1.19 bits per heavy atom. The second-order valence-electron chi connectivity index (χ2n) is 6.70. The van der Waals surface area contributed by atoms with Crippen LogP contribution in [0.15, 0.2) is 48.5 Å². The average molecular weight is 371 g/mol. The van der Waals surface area contributed by atoms with E-state index in [1.165, 1.54) is 12.1 Å². The zero-order chi connectivity index (χ0) is 19.2. The van der Waals surface area contributed by atoms with Crippen LogP contribution in [-0.4, -0.2) is 30.0 Å². The fraction of sp³-hybridized carbons (Fsp3) is 0.350. The molecular formula is C20H22FN3O3. The number of nitro groups is 1. The highest BCUT2D eigenvalue weighted by atomic mass is 19.1. The molecular weight excluding hydrogens is 349 g/mol. The van der Waals surface area contributed by atoms with Gasteiger partial charge in [0.15, 0.2) is 0 Å². The lowest BCUT2D eigenvalue weighted by atomic mass is 10.0. The number of nitro benzene ring substituents is 1. The molecule has 0 aromatic heterocycles. The zero-order valence-electron chi connectivity index (χ0n) is 14.9. The number of nitrogens with zero attached hydrogens (tertiary/aromatic N) is 2. The Morgan fingerprint density at radius 3 is 2.56 bits per heavy atom. The first kappa shape index (κ1) is 18.8. The molecule has 1 N–H and O–H groups in total. The highest BCUT2D eigenvalue weighted by Gasteiger charge is 2.25. The Morgan fingerprint density at radius 2 is 1.89 bits per heavy atom. The third-order valence-corrected chi connectivity index (χ3v) is 4.82. The van der Waals surface area contributed by atoms with Gasteiger partial charge in [-0.05, 0) is 37.0 Å². The Balaban J connectivity index is 1.50. The summed E-state index contributed by atoms with van der Waals surface area (Å²) in [5.41, 5.74) is 1.33. The van der Waals surface area contributed by atoms with Crippen LogP contribution in [0.3, 0.4) is 0 Å². The van der Waals surface area contributed by atoms with Crippen LogP contribution in [0.4, 0.5) is 15.8 Å². The van der Waals surface area contributed by atoms with Gasteiger partial charge in [-0.25, -0.2) is 4.39 Å².